The number of nitriles is 1. The maximum absolute atomic E-state index is 9.00. The largest absolute Gasteiger partial charge is 0.367 e. The van der Waals surface area contributed by atoms with Crippen molar-refractivity contribution >= 4 is 21.7 Å². The Kier molecular flexibility index (Phi) is 4.35. The fourth-order valence-corrected chi connectivity index (χ4v) is 2.12. The van der Waals surface area contributed by atoms with Crippen LogP contribution in [-0.4, -0.2) is 16.5 Å². The fraction of sp³-hybridized carbons (Fsp3) is 0.267. The van der Waals surface area contributed by atoms with E-state index in [9.17, 15) is 0 Å². The minimum atomic E-state index is -0.0784. The van der Waals surface area contributed by atoms with E-state index in [0.29, 0.717) is 18.1 Å². The molecule has 4 nitrogen and oxygen atoms in total. The van der Waals surface area contributed by atoms with Gasteiger partial charge in [0.15, 0.2) is 11.5 Å². The number of hydrogen-bond acceptors (Lipinski definition) is 4. The van der Waals surface area contributed by atoms with E-state index in [2.05, 4.69) is 57.2 Å². The highest BCUT2D eigenvalue weighted by Gasteiger charge is 2.21. The van der Waals surface area contributed by atoms with Gasteiger partial charge in [-0.05, 0) is 17.7 Å². The standard InChI is InChI=1S/C15H15BrN4/c1-15(2,11-3-5-12(16)6-4-11)10-20-14-13(9-17)18-7-8-19-14/h3-8H,10H2,1-2H3,(H,19,20). The Morgan fingerprint density at radius 2 is 1.85 bits per heavy atom. The van der Waals surface area contributed by atoms with Gasteiger partial charge in [-0.25, -0.2) is 9.97 Å². The molecule has 0 aliphatic carbocycles. The molecule has 0 radical (unpaired) electrons. The topological polar surface area (TPSA) is 61.6 Å². The predicted octanol–water partition coefficient (Wildman–Crippen LogP) is 3.50. The van der Waals surface area contributed by atoms with Crippen LogP contribution in [-0.2, 0) is 5.41 Å². The quantitative estimate of drug-likeness (QED) is 0.931. The molecule has 0 bridgehead atoms. The van der Waals surface area contributed by atoms with Crippen molar-refractivity contribution < 1.29 is 0 Å². The first-order valence-corrected chi connectivity index (χ1v) is 7.03. The number of nitrogens with one attached hydrogen (secondary N) is 1. The molecular weight excluding hydrogens is 316 g/mol. The minimum Gasteiger partial charge on any atom is -0.367 e. The lowest BCUT2D eigenvalue weighted by Crippen LogP contribution is -2.28. The molecule has 0 unspecified atom stereocenters. The van der Waals surface area contributed by atoms with Crippen LogP contribution >= 0.6 is 15.9 Å². The normalized spacial score (nSPS) is 10.9. The van der Waals surface area contributed by atoms with Crippen molar-refractivity contribution in [2.24, 2.45) is 0 Å². The maximum Gasteiger partial charge on any atom is 0.182 e. The second-order valence-electron chi connectivity index (χ2n) is 5.11. The van der Waals surface area contributed by atoms with Crippen LogP contribution in [0.25, 0.3) is 0 Å². The summed E-state index contributed by atoms with van der Waals surface area (Å²) >= 11 is 3.44. The number of rotatable bonds is 4. The van der Waals surface area contributed by atoms with E-state index in [4.69, 9.17) is 5.26 Å². The van der Waals surface area contributed by atoms with Gasteiger partial charge in [-0.15, -0.1) is 0 Å². The first-order chi connectivity index (χ1) is 9.53. The third-order valence-corrected chi connectivity index (χ3v) is 3.66. The Morgan fingerprint density at radius 1 is 1.20 bits per heavy atom. The third-order valence-electron chi connectivity index (χ3n) is 3.13. The first-order valence-electron chi connectivity index (χ1n) is 6.24. The molecule has 0 fully saturated rings. The van der Waals surface area contributed by atoms with Crippen LogP contribution in [0.3, 0.4) is 0 Å². The summed E-state index contributed by atoms with van der Waals surface area (Å²) < 4.78 is 1.06. The predicted molar refractivity (Wildman–Crippen MR) is 82.4 cm³/mol. The maximum atomic E-state index is 9.00. The van der Waals surface area contributed by atoms with E-state index in [1.165, 1.54) is 11.8 Å². The summed E-state index contributed by atoms with van der Waals surface area (Å²) in [5, 5.41) is 12.2. The van der Waals surface area contributed by atoms with Crippen molar-refractivity contribution in [3.63, 3.8) is 0 Å². The Balaban J connectivity index is 2.13. The van der Waals surface area contributed by atoms with Gasteiger partial charge in [0.05, 0.1) is 0 Å². The van der Waals surface area contributed by atoms with Crippen molar-refractivity contribution in [3.05, 3.63) is 52.4 Å². The van der Waals surface area contributed by atoms with Gasteiger partial charge in [0.25, 0.3) is 0 Å². The molecule has 0 aliphatic heterocycles. The van der Waals surface area contributed by atoms with Gasteiger partial charge in [0.1, 0.15) is 6.07 Å². The molecule has 1 N–H and O–H groups in total. The molecule has 1 aromatic heterocycles. The fourth-order valence-electron chi connectivity index (χ4n) is 1.86. The molecule has 0 atom stereocenters. The minimum absolute atomic E-state index is 0.0784. The average Bonchev–Trinajstić information content (AvgIpc) is 2.46. The molecular formula is C15H15BrN4. The second kappa shape index (κ2) is 6.02. The zero-order valence-electron chi connectivity index (χ0n) is 11.4. The number of halogens is 1. The zero-order valence-corrected chi connectivity index (χ0v) is 13.0. The molecule has 0 aliphatic rings. The molecule has 102 valence electrons. The highest BCUT2D eigenvalue weighted by Crippen LogP contribution is 2.25. The molecule has 0 saturated carbocycles. The Hall–Kier alpha value is -1.93. The highest BCUT2D eigenvalue weighted by atomic mass is 79.9. The van der Waals surface area contributed by atoms with E-state index in [1.807, 2.05) is 18.2 Å². The van der Waals surface area contributed by atoms with Gasteiger partial charge in [-0.2, -0.15) is 5.26 Å². The molecule has 0 amide bonds. The molecule has 5 heteroatoms. The van der Waals surface area contributed by atoms with E-state index in [-0.39, 0.29) is 5.41 Å². The van der Waals surface area contributed by atoms with Crippen molar-refractivity contribution in [1.29, 1.82) is 5.26 Å². The monoisotopic (exact) mass is 330 g/mol. The molecule has 0 saturated heterocycles. The van der Waals surface area contributed by atoms with Crippen molar-refractivity contribution in [3.8, 4) is 6.07 Å². The number of anilines is 1. The van der Waals surface area contributed by atoms with Gasteiger partial charge >= 0.3 is 0 Å². The van der Waals surface area contributed by atoms with Crippen LogP contribution < -0.4 is 5.32 Å². The molecule has 0 spiro atoms. The van der Waals surface area contributed by atoms with Gasteiger partial charge in [0, 0.05) is 28.8 Å². The highest BCUT2D eigenvalue weighted by molar-refractivity contribution is 9.10. The molecule has 1 aromatic carbocycles. The average molecular weight is 331 g/mol. The van der Waals surface area contributed by atoms with Gasteiger partial charge in [0.2, 0.25) is 0 Å². The van der Waals surface area contributed by atoms with E-state index >= 15 is 0 Å². The van der Waals surface area contributed by atoms with Crippen LogP contribution in [0.15, 0.2) is 41.1 Å². The molecule has 2 rings (SSSR count). The van der Waals surface area contributed by atoms with Crippen LogP contribution in [0.5, 0.6) is 0 Å². The number of aromatic nitrogens is 2. The summed E-state index contributed by atoms with van der Waals surface area (Å²) in [7, 11) is 0. The smallest absolute Gasteiger partial charge is 0.182 e. The lowest BCUT2D eigenvalue weighted by atomic mass is 9.84. The summed E-state index contributed by atoms with van der Waals surface area (Å²) in [6.07, 6.45) is 3.10. The van der Waals surface area contributed by atoms with E-state index in [0.717, 1.165) is 4.47 Å². The van der Waals surface area contributed by atoms with Crippen LogP contribution in [0.2, 0.25) is 0 Å². The van der Waals surface area contributed by atoms with Gasteiger partial charge in [-0.1, -0.05) is 41.9 Å². The van der Waals surface area contributed by atoms with Crippen molar-refractivity contribution in [1.82, 2.24) is 9.97 Å². The van der Waals surface area contributed by atoms with E-state index < -0.39 is 0 Å². The molecule has 2 aromatic rings. The zero-order chi connectivity index (χ0) is 14.6. The van der Waals surface area contributed by atoms with Crippen LogP contribution in [0.4, 0.5) is 5.82 Å². The summed E-state index contributed by atoms with van der Waals surface area (Å²) in [5.74, 6) is 0.528. The van der Waals surface area contributed by atoms with Crippen LogP contribution in [0, 0.1) is 11.3 Å². The first kappa shape index (κ1) is 14.5. The summed E-state index contributed by atoms with van der Waals surface area (Å²) in [4.78, 5) is 8.15. The van der Waals surface area contributed by atoms with E-state index in [1.54, 1.807) is 6.20 Å². The van der Waals surface area contributed by atoms with Crippen molar-refractivity contribution in [2.75, 3.05) is 11.9 Å². The third kappa shape index (κ3) is 3.34. The summed E-state index contributed by atoms with van der Waals surface area (Å²) in [6.45, 7) is 4.96. The molecule has 20 heavy (non-hydrogen) atoms. The number of benzene rings is 1. The number of hydrogen-bond donors (Lipinski definition) is 1. The Morgan fingerprint density at radius 3 is 2.50 bits per heavy atom. The van der Waals surface area contributed by atoms with Crippen LogP contribution in [0.1, 0.15) is 25.1 Å². The Bertz CT molecular complexity index is 629. The lowest BCUT2D eigenvalue weighted by Gasteiger charge is -2.26. The number of nitrogens with zero attached hydrogens (tertiary/aromatic N) is 3. The van der Waals surface area contributed by atoms with Gasteiger partial charge < -0.3 is 5.32 Å². The molecule has 1 heterocycles. The summed E-state index contributed by atoms with van der Waals surface area (Å²) in [5.41, 5.74) is 1.46. The second-order valence-corrected chi connectivity index (χ2v) is 6.03. The summed E-state index contributed by atoms with van der Waals surface area (Å²) in [6, 6.07) is 10.3. The lowest BCUT2D eigenvalue weighted by molar-refractivity contribution is 0.556. The SMILES string of the molecule is CC(C)(CNc1nccnc1C#N)c1ccc(Br)cc1. The Labute approximate surface area is 127 Å². The van der Waals surface area contributed by atoms with Crippen molar-refractivity contribution in [2.45, 2.75) is 19.3 Å². The van der Waals surface area contributed by atoms with Gasteiger partial charge in [-0.3, -0.25) is 0 Å².